The molecule has 9 heteroatoms. The number of aliphatic carboxylic acids is 2. The lowest BCUT2D eigenvalue weighted by molar-refractivity contribution is -0.147. The Morgan fingerprint density at radius 2 is 1.53 bits per heavy atom. The van der Waals surface area contributed by atoms with Crippen molar-refractivity contribution in [2.24, 2.45) is 0 Å². The molecule has 0 aliphatic carbocycles. The van der Waals surface area contributed by atoms with Gasteiger partial charge in [-0.05, 0) is 0 Å². The van der Waals surface area contributed by atoms with Crippen molar-refractivity contribution in [3.05, 3.63) is 12.7 Å². The van der Waals surface area contributed by atoms with Crippen molar-refractivity contribution in [1.29, 1.82) is 0 Å². The number of hydrogen-bond donors (Lipinski definition) is 5. The van der Waals surface area contributed by atoms with Crippen LogP contribution in [0.15, 0.2) is 12.7 Å². The molecule has 112 valence electrons. The van der Waals surface area contributed by atoms with Crippen LogP contribution in [0.2, 0.25) is 0 Å². The fourth-order valence-electron chi connectivity index (χ4n) is 0.270. The Labute approximate surface area is 109 Å². The van der Waals surface area contributed by atoms with Gasteiger partial charge < -0.3 is 30.3 Å². The van der Waals surface area contributed by atoms with E-state index in [0.717, 1.165) is 6.08 Å². The Hall–Kier alpha value is -1.97. The van der Waals surface area contributed by atoms with Crippen LogP contribution in [0.5, 0.6) is 0 Å². The predicted octanol–water partition coefficient (Wildman–Crippen LogP) is -1.78. The Morgan fingerprint density at radius 3 is 1.53 bits per heavy atom. The van der Waals surface area contributed by atoms with Crippen molar-refractivity contribution in [2.45, 2.75) is 12.5 Å². The Kier molecular flexibility index (Phi) is 18.8. The largest absolute Gasteiger partial charge is 0.481 e. The average Bonchev–Trinajstić information content (AvgIpc) is 2.36. The maximum atomic E-state index is 9.84. The van der Waals surface area contributed by atoms with E-state index in [1.54, 1.807) is 0 Å². The third kappa shape index (κ3) is 31.4. The standard InChI is InChI=1S/C4H6O2.C3H4O4.C3H8O3/c1-3-4(5)6-2;4-2(5)1-3(6)7;4-1-3(6)2-5/h3H,1H2,2H3;1H2,(H,4,5)(H,6,7);3-6H,1-2H2. The maximum absolute atomic E-state index is 9.84. The number of carbonyl (C=O) groups excluding carboxylic acids is 1. The van der Waals surface area contributed by atoms with E-state index >= 15 is 0 Å². The minimum atomic E-state index is -1.31. The van der Waals surface area contributed by atoms with Gasteiger partial charge in [-0.1, -0.05) is 6.58 Å². The summed E-state index contributed by atoms with van der Waals surface area (Å²) in [5.41, 5.74) is 0. The normalized spacial score (nSPS) is 8.26. The first kappa shape index (κ1) is 22.2. The molecule has 0 unspecified atom stereocenters. The number of hydrogen-bond acceptors (Lipinski definition) is 7. The summed E-state index contributed by atoms with van der Waals surface area (Å²) in [5, 5.41) is 39.4. The lowest BCUT2D eigenvalue weighted by Crippen LogP contribution is -2.15. The first-order valence-corrected chi connectivity index (χ1v) is 4.78. The zero-order valence-corrected chi connectivity index (χ0v) is 10.4. The van der Waals surface area contributed by atoms with Gasteiger partial charge in [-0.3, -0.25) is 9.59 Å². The van der Waals surface area contributed by atoms with E-state index < -0.39 is 30.4 Å². The molecule has 0 aromatic rings. The number of carboxylic acid groups (broad SMARTS) is 2. The van der Waals surface area contributed by atoms with Crippen LogP contribution < -0.4 is 0 Å². The number of rotatable bonds is 5. The number of aliphatic hydroxyl groups is 3. The Balaban J connectivity index is -0.000000203. The van der Waals surface area contributed by atoms with Gasteiger partial charge in [0, 0.05) is 6.08 Å². The highest BCUT2D eigenvalue weighted by atomic mass is 16.5. The number of aliphatic hydroxyl groups excluding tert-OH is 3. The number of carbonyl (C=O) groups is 3. The first-order valence-electron chi connectivity index (χ1n) is 4.78. The molecular formula is C10H18O9. The molecule has 0 bridgehead atoms. The smallest absolute Gasteiger partial charge is 0.329 e. The zero-order chi connectivity index (χ0) is 15.8. The molecule has 0 saturated heterocycles. The molecule has 0 heterocycles. The summed E-state index contributed by atoms with van der Waals surface area (Å²) >= 11 is 0. The fourth-order valence-corrected chi connectivity index (χ4v) is 0.270. The summed E-state index contributed by atoms with van der Waals surface area (Å²) in [5.74, 6) is -3.02. The molecule has 19 heavy (non-hydrogen) atoms. The molecule has 0 saturated carbocycles. The van der Waals surface area contributed by atoms with Crippen molar-refractivity contribution < 1.29 is 44.7 Å². The van der Waals surface area contributed by atoms with Gasteiger partial charge in [0.05, 0.1) is 20.3 Å². The molecule has 0 spiro atoms. The van der Waals surface area contributed by atoms with Crippen LogP contribution in [-0.4, -0.2) is 69.9 Å². The molecule has 0 aliphatic rings. The molecule has 0 aliphatic heterocycles. The summed E-state index contributed by atoms with van der Waals surface area (Å²) in [6.07, 6.45) is -0.648. The highest BCUT2D eigenvalue weighted by Crippen LogP contribution is 1.74. The average molecular weight is 282 g/mol. The minimum absolute atomic E-state index is 0.365. The fraction of sp³-hybridized carbons (Fsp3) is 0.500. The van der Waals surface area contributed by atoms with E-state index in [1.807, 2.05) is 0 Å². The molecule has 0 aromatic heterocycles. The molecular weight excluding hydrogens is 264 g/mol. The lowest BCUT2D eigenvalue weighted by atomic mass is 10.4. The van der Waals surface area contributed by atoms with Crippen molar-refractivity contribution in [1.82, 2.24) is 0 Å². The summed E-state index contributed by atoms with van der Waals surface area (Å²) in [6, 6.07) is 0. The predicted molar refractivity (Wildman–Crippen MR) is 62.3 cm³/mol. The second kappa shape index (κ2) is 16.0. The third-order valence-corrected chi connectivity index (χ3v) is 1.09. The van der Waals surface area contributed by atoms with Crippen molar-refractivity contribution in [2.75, 3.05) is 20.3 Å². The van der Waals surface area contributed by atoms with Crippen molar-refractivity contribution >= 4 is 17.9 Å². The molecule has 0 rings (SSSR count). The SMILES string of the molecule is C=CC(=O)OC.O=C(O)CC(=O)O.OCC(O)CO. The third-order valence-electron chi connectivity index (χ3n) is 1.09. The quantitative estimate of drug-likeness (QED) is 0.223. The second-order valence-electron chi connectivity index (χ2n) is 2.71. The summed E-state index contributed by atoms with van der Waals surface area (Å²) in [7, 11) is 1.31. The van der Waals surface area contributed by atoms with Crippen LogP contribution in [0, 0.1) is 0 Å². The number of methoxy groups -OCH3 is 1. The molecule has 5 N–H and O–H groups in total. The molecule has 0 fully saturated rings. The van der Waals surface area contributed by atoms with E-state index in [2.05, 4.69) is 11.3 Å². The Bertz CT molecular complexity index is 258. The van der Waals surface area contributed by atoms with E-state index in [1.165, 1.54) is 7.11 Å². The van der Waals surface area contributed by atoms with Gasteiger partial charge in [-0.15, -0.1) is 0 Å². The van der Waals surface area contributed by atoms with Crippen LogP contribution in [0.3, 0.4) is 0 Å². The van der Waals surface area contributed by atoms with Crippen LogP contribution in [0.4, 0.5) is 0 Å². The van der Waals surface area contributed by atoms with Crippen LogP contribution in [0.1, 0.15) is 6.42 Å². The van der Waals surface area contributed by atoms with Gasteiger partial charge >= 0.3 is 17.9 Å². The zero-order valence-electron chi connectivity index (χ0n) is 10.4. The summed E-state index contributed by atoms with van der Waals surface area (Å²) < 4.78 is 4.14. The highest BCUT2D eigenvalue weighted by Gasteiger charge is 2.01. The molecule has 0 amide bonds. The highest BCUT2D eigenvalue weighted by molar-refractivity contribution is 5.88. The summed E-state index contributed by atoms with van der Waals surface area (Å²) in [6.45, 7) is 2.43. The van der Waals surface area contributed by atoms with Gasteiger partial charge in [-0.2, -0.15) is 0 Å². The van der Waals surface area contributed by atoms with Gasteiger partial charge in [0.25, 0.3) is 0 Å². The van der Waals surface area contributed by atoms with E-state index in [0.29, 0.717) is 0 Å². The number of ether oxygens (including phenoxy) is 1. The van der Waals surface area contributed by atoms with Gasteiger partial charge in [0.15, 0.2) is 0 Å². The van der Waals surface area contributed by atoms with E-state index in [4.69, 9.17) is 25.5 Å². The van der Waals surface area contributed by atoms with Crippen molar-refractivity contribution in [3.8, 4) is 0 Å². The monoisotopic (exact) mass is 282 g/mol. The van der Waals surface area contributed by atoms with E-state index in [-0.39, 0.29) is 13.2 Å². The lowest BCUT2D eigenvalue weighted by Gasteiger charge is -1.96. The Morgan fingerprint density at radius 1 is 1.16 bits per heavy atom. The maximum Gasteiger partial charge on any atom is 0.329 e. The summed E-state index contributed by atoms with van der Waals surface area (Å²) in [4.78, 5) is 28.7. The molecule has 9 nitrogen and oxygen atoms in total. The minimum Gasteiger partial charge on any atom is -0.481 e. The van der Waals surface area contributed by atoms with Gasteiger partial charge in [0.1, 0.15) is 12.5 Å². The number of esters is 1. The number of carboxylic acids is 2. The van der Waals surface area contributed by atoms with Gasteiger partial charge in [-0.25, -0.2) is 4.79 Å². The van der Waals surface area contributed by atoms with Crippen molar-refractivity contribution in [3.63, 3.8) is 0 Å². The first-order chi connectivity index (χ1) is 8.74. The molecule has 0 aromatic carbocycles. The van der Waals surface area contributed by atoms with E-state index in [9.17, 15) is 14.4 Å². The van der Waals surface area contributed by atoms with Crippen LogP contribution >= 0.6 is 0 Å². The van der Waals surface area contributed by atoms with Crippen LogP contribution in [0.25, 0.3) is 0 Å². The molecule has 0 atom stereocenters. The molecule has 0 radical (unpaired) electrons. The van der Waals surface area contributed by atoms with Crippen LogP contribution in [-0.2, 0) is 19.1 Å². The van der Waals surface area contributed by atoms with Gasteiger partial charge in [0.2, 0.25) is 0 Å². The second-order valence-corrected chi connectivity index (χ2v) is 2.71. The topological polar surface area (TPSA) is 162 Å².